The molecule has 0 radical (unpaired) electrons. The Kier molecular flexibility index (Phi) is 2.97. The van der Waals surface area contributed by atoms with Gasteiger partial charge in [-0.15, -0.1) is 16.4 Å². The van der Waals surface area contributed by atoms with Gasteiger partial charge in [-0.1, -0.05) is 17.3 Å². The second kappa shape index (κ2) is 4.62. The molecule has 0 aliphatic carbocycles. The van der Waals surface area contributed by atoms with Crippen molar-refractivity contribution in [2.75, 3.05) is 0 Å². The van der Waals surface area contributed by atoms with Crippen molar-refractivity contribution < 1.29 is 0 Å². The van der Waals surface area contributed by atoms with E-state index in [-0.39, 0.29) is 5.56 Å². The Morgan fingerprint density at radius 1 is 1.22 bits per heavy atom. The van der Waals surface area contributed by atoms with Crippen molar-refractivity contribution in [2.24, 2.45) is 0 Å². The van der Waals surface area contributed by atoms with E-state index in [4.69, 9.17) is 0 Å². The first-order valence-corrected chi connectivity index (χ1v) is 6.92. The summed E-state index contributed by atoms with van der Waals surface area (Å²) in [5, 5.41) is 8.61. The maximum absolute atomic E-state index is 12.2. The fourth-order valence-electron chi connectivity index (χ4n) is 1.71. The van der Waals surface area contributed by atoms with E-state index in [0.29, 0.717) is 17.4 Å². The summed E-state index contributed by atoms with van der Waals surface area (Å²) in [6, 6.07) is 11.2. The zero-order valence-corrected chi connectivity index (χ0v) is 11.6. The molecule has 3 rings (SSSR count). The molecular weight excluding hydrogens is 314 g/mol. The van der Waals surface area contributed by atoms with Gasteiger partial charge in [-0.2, -0.15) is 0 Å². The summed E-state index contributed by atoms with van der Waals surface area (Å²) < 4.78 is 2.43. The number of hydrogen-bond acceptors (Lipinski definition) is 4. The average Bonchev–Trinajstić information content (AvgIpc) is 2.79. The topological polar surface area (TPSA) is 47.8 Å². The smallest absolute Gasteiger partial charge is 0.267 e. The van der Waals surface area contributed by atoms with E-state index >= 15 is 0 Å². The van der Waals surface area contributed by atoms with Crippen LogP contribution in [0, 0.1) is 0 Å². The van der Waals surface area contributed by atoms with E-state index in [0.717, 1.165) is 8.66 Å². The van der Waals surface area contributed by atoms with Crippen LogP contribution in [0.1, 0.15) is 4.88 Å². The number of benzene rings is 1. The summed E-state index contributed by atoms with van der Waals surface area (Å²) in [4.78, 5) is 13.3. The van der Waals surface area contributed by atoms with Crippen LogP contribution in [0.3, 0.4) is 0 Å². The zero-order chi connectivity index (χ0) is 12.5. The zero-order valence-electron chi connectivity index (χ0n) is 9.21. The van der Waals surface area contributed by atoms with E-state index in [1.165, 1.54) is 4.68 Å². The van der Waals surface area contributed by atoms with Gasteiger partial charge in [0.2, 0.25) is 0 Å². The van der Waals surface area contributed by atoms with E-state index in [2.05, 4.69) is 26.2 Å². The fourth-order valence-corrected chi connectivity index (χ4v) is 3.18. The van der Waals surface area contributed by atoms with Crippen molar-refractivity contribution >= 4 is 38.2 Å². The highest BCUT2D eigenvalue weighted by Gasteiger charge is 2.06. The van der Waals surface area contributed by atoms with Crippen LogP contribution >= 0.6 is 27.3 Å². The van der Waals surface area contributed by atoms with Gasteiger partial charge in [-0.05, 0) is 40.2 Å². The number of nitrogens with zero attached hydrogens (tertiary/aromatic N) is 3. The minimum absolute atomic E-state index is 0.106. The quantitative estimate of drug-likeness (QED) is 0.729. The molecule has 90 valence electrons. The van der Waals surface area contributed by atoms with Crippen molar-refractivity contribution in [3.63, 3.8) is 0 Å². The highest BCUT2D eigenvalue weighted by atomic mass is 79.9. The second-order valence-corrected chi connectivity index (χ2v) is 6.32. The van der Waals surface area contributed by atoms with Crippen LogP contribution in [0.15, 0.2) is 45.0 Å². The molecule has 4 nitrogen and oxygen atoms in total. The number of hydrogen-bond donors (Lipinski definition) is 0. The molecule has 0 aliphatic heterocycles. The lowest BCUT2D eigenvalue weighted by molar-refractivity contribution is 0.606. The first kappa shape index (κ1) is 11.6. The summed E-state index contributed by atoms with van der Waals surface area (Å²) in [7, 11) is 0. The Bertz CT molecular complexity index is 765. The summed E-state index contributed by atoms with van der Waals surface area (Å²) in [5.74, 6) is 0. The molecule has 0 aliphatic rings. The van der Waals surface area contributed by atoms with E-state index in [1.54, 1.807) is 23.5 Å². The van der Waals surface area contributed by atoms with Crippen LogP contribution in [-0.2, 0) is 6.54 Å². The van der Waals surface area contributed by atoms with Gasteiger partial charge in [0.25, 0.3) is 5.56 Å². The van der Waals surface area contributed by atoms with Crippen LogP contribution in [0.25, 0.3) is 10.9 Å². The standard InChI is InChI=1S/C12H8BrN3OS/c13-11-6-5-8(18-11)7-16-12(17)9-3-1-2-4-10(9)14-15-16/h1-6H,7H2. The first-order valence-electron chi connectivity index (χ1n) is 5.31. The fraction of sp³-hybridized carbons (Fsp3) is 0.0833. The molecule has 6 heteroatoms. The summed E-state index contributed by atoms with van der Waals surface area (Å²) >= 11 is 4.98. The minimum Gasteiger partial charge on any atom is -0.267 e. The van der Waals surface area contributed by atoms with Gasteiger partial charge in [0.05, 0.1) is 15.7 Å². The average molecular weight is 322 g/mol. The molecule has 0 saturated carbocycles. The maximum atomic E-state index is 12.2. The highest BCUT2D eigenvalue weighted by Crippen LogP contribution is 2.22. The maximum Gasteiger partial charge on any atom is 0.277 e. The molecule has 0 spiro atoms. The van der Waals surface area contributed by atoms with Crippen LogP contribution in [0.4, 0.5) is 0 Å². The highest BCUT2D eigenvalue weighted by molar-refractivity contribution is 9.11. The number of thiophene rings is 1. The monoisotopic (exact) mass is 321 g/mol. The van der Waals surface area contributed by atoms with Crippen molar-refractivity contribution in [2.45, 2.75) is 6.54 Å². The van der Waals surface area contributed by atoms with E-state index < -0.39 is 0 Å². The third kappa shape index (κ3) is 2.09. The predicted octanol–water partition coefficient (Wildman–Crippen LogP) is 2.66. The van der Waals surface area contributed by atoms with Crippen LogP contribution in [-0.4, -0.2) is 15.0 Å². The molecule has 0 N–H and O–H groups in total. The molecule has 2 aromatic heterocycles. The van der Waals surface area contributed by atoms with Crippen molar-refractivity contribution in [1.29, 1.82) is 0 Å². The van der Waals surface area contributed by atoms with Crippen LogP contribution < -0.4 is 5.56 Å². The van der Waals surface area contributed by atoms with Crippen LogP contribution in [0.2, 0.25) is 0 Å². The molecular formula is C12H8BrN3OS. The molecule has 0 atom stereocenters. The number of rotatable bonds is 2. The Hall–Kier alpha value is -1.53. The first-order chi connectivity index (χ1) is 8.74. The molecule has 2 heterocycles. The van der Waals surface area contributed by atoms with E-state index in [1.807, 2.05) is 24.3 Å². The van der Waals surface area contributed by atoms with Gasteiger partial charge >= 0.3 is 0 Å². The van der Waals surface area contributed by atoms with E-state index in [9.17, 15) is 4.79 Å². The SMILES string of the molecule is O=c1c2ccccc2nnn1Cc1ccc(Br)s1. The third-order valence-electron chi connectivity index (χ3n) is 2.56. The normalized spacial score (nSPS) is 10.9. The molecule has 0 saturated heterocycles. The van der Waals surface area contributed by atoms with Gasteiger partial charge < -0.3 is 0 Å². The van der Waals surface area contributed by atoms with Gasteiger partial charge in [0.1, 0.15) is 5.52 Å². The number of fused-ring (bicyclic) bond motifs is 1. The molecule has 0 amide bonds. The third-order valence-corrected chi connectivity index (χ3v) is 4.17. The molecule has 1 aromatic carbocycles. The Morgan fingerprint density at radius 2 is 2.06 bits per heavy atom. The molecule has 3 aromatic rings. The van der Waals surface area contributed by atoms with Crippen molar-refractivity contribution in [3.05, 3.63) is 55.4 Å². The summed E-state index contributed by atoms with van der Waals surface area (Å²) in [6.45, 7) is 0.451. The Labute approximate surface area is 115 Å². The van der Waals surface area contributed by atoms with Gasteiger partial charge in [-0.3, -0.25) is 4.79 Å². The molecule has 0 unspecified atom stereocenters. The largest absolute Gasteiger partial charge is 0.277 e. The second-order valence-electron chi connectivity index (χ2n) is 3.78. The van der Waals surface area contributed by atoms with Gasteiger partial charge in [0, 0.05) is 4.88 Å². The molecule has 0 fully saturated rings. The lowest BCUT2D eigenvalue weighted by Gasteiger charge is -2.02. The van der Waals surface area contributed by atoms with Gasteiger partial charge in [-0.25, -0.2) is 4.68 Å². The predicted molar refractivity (Wildman–Crippen MR) is 74.9 cm³/mol. The molecule has 0 bridgehead atoms. The number of aromatic nitrogens is 3. The van der Waals surface area contributed by atoms with Gasteiger partial charge in [0.15, 0.2) is 0 Å². The van der Waals surface area contributed by atoms with Crippen molar-refractivity contribution in [1.82, 2.24) is 15.0 Å². The van der Waals surface area contributed by atoms with Crippen LogP contribution in [0.5, 0.6) is 0 Å². The summed E-state index contributed by atoms with van der Waals surface area (Å²) in [6.07, 6.45) is 0. The molecule has 18 heavy (non-hydrogen) atoms. The minimum atomic E-state index is -0.106. The Balaban J connectivity index is 2.08. The number of halogens is 1. The Morgan fingerprint density at radius 3 is 2.83 bits per heavy atom. The lowest BCUT2D eigenvalue weighted by atomic mass is 10.2. The lowest BCUT2D eigenvalue weighted by Crippen LogP contribution is -2.24. The summed E-state index contributed by atoms with van der Waals surface area (Å²) in [5.41, 5.74) is 0.524. The van der Waals surface area contributed by atoms with Crippen molar-refractivity contribution in [3.8, 4) is 0 Å².